The number of nitrogens with zero attached hydrogens (tertiary/aromatic N) is 1. The minimum absolute atomic E-state index is 0.350. The molecular formula is C15H22ClNO. The van der Waals surface area contributed by atoms with Crippen LogP contribution >= 0.6 is 11.6 Å². The number of halogens is 1. The number of likely N-dealkylation sites (tertiary alicyclic amines) is 1. The molecular weight excluding hydrogens is 246 g/mol. The first-order valence-electron chi connectivity index (χ1n) is 6.66. The predicted octanol–water partition coefficient (Wildman–Crippen LogP) is 4.06. The lowest BCUT2D eigenvalue weighted by atomic mass is 9.85. The number of aromatic hydroxyl groups is 1. The van der Waals surface area contributed by atoms with E-state index in [-0.39, 0.29) is 0 Å². The number of phenolic OH excluding ortho intramolecular Hbond substituents is 1. The predicted molar refractivity (Wildman–Crippen MR) is 76.0 cm³/mol. The Kier molecular flexibility index (Phi) is 4.18. The summed E-state index contributed by atoms with van der Waals surface area (Å²) >= 11 is 5.98. The molecule has 100 valence electrons. The first-order valence-corrected chi connectivity index (χ1v) is 7.04. The number of hydrogen-bond donors (Lipinski definition) is 1. The zero-order valence-electron chi connectivity index (χ0n) is 11.2. The first-order chi connectivity index (χ1) is 8.46. The van der Waals surface area contributed by atoms with Gasteiger partial charge in [-0.2, -0.15) is 0 Å². The average Bonchev–Trinajstić information content (AvgIpc) is 2.46. The quantitative estimate of drug-likeness (QED) is 0.874. The zero-order valence-corrected chi connectivity index (χ0v) is 12.0. The van der Waals surface area contributed by atoms with Gasteiger partial charge in [-0.3, -0.25) is 4.90 Å². The van der Waals surface area contributed by atoms with Crippen LogP contribution in [-0.4, -0.2) is 23.1 Å². The van der Waals surface area contributed by atoms with Gasteiger partial charge in [0.1, 0.15) is 5.75 Å². The standard InChI is InChI=1S/C15H22ClNO/c1-15(2)6-3-8-17(9-7-15)11-12-10-13(16)4-5-14(12)18/h4-5,10,18H,3,6-9,11H2,1-2H3. The second kappa shape index (κ2) is 5.50. The molecule has 1 aromatic rings. The molecule has 0 aromatic heterocycles. The smallest absolute Gasteiger partial charge is 0.120 e. The van der Waals surface area contributed by atoms with Crippen molar-refractivity contribution in [2.45, 2.75) is 39.7 Å². The molecule has 0 radical (unpaired) electrons. The van der Waals surface area contributed by atoms with Crippen LogP contribution in [0.1, 0.15) is 38.7 Å². The second-order valence-corrected chi connectivity index (χ2v) is 6.50. The third kappa shape index (κ3) is 3.63. The lowest BCUT2D eigenvalue weighted by molar-refractivity contribution is 0.253. The SMILES string of the molecule is CC1(C)CCCN(Cc2cc(Cl)ccc2O)CC1. The average molecular weight is 268 g/mol. The van der Waals surface area contributed by atoms with Crippen LogP contribution in [0.2, 0.25) is 5.02 Å². The van der Waals surface area contributed by atoms with E-state index in [1.165, 1.54) is 19.3 Å². The van der Waals surface area contributed by atoms with E-state index in [4.69, 9.17) is 11.6 Å². The molecule has 1 aromatic carbocycles. The first kappa shape index (κ1) is 13.7. The van der Waals surface area contributed by atoms with Crippen LogP contribution < -0.4 is 0 Å². The van der Waals surface area contributed by atoms with Gasteiger partial charge in [0, 0.05) is 17.1 Å². The van der Waals surface area contributed by atoms with Crippen LogP contribution in [0.5, 0.6) is 5.75 Å². The molecule has 1 saturated heterocycles. The molecule has 0 spiro atoms. The zero-order chi connectivity index (χ0) is 13.2. The van der Waals surface area contributed by atoms with Crippen molar-refractivity contribution in [1.82, 2.24) is 4.90 Å². The van der Waals surface area contributed by atoms with Crippen LogP contribution in [-0.2, 0) is 6.54 Å². The molecule has 1 N–H and O–H groups in total. The van der Waals surface area contributed by atoms with Crippen LogP contribution in [0, 0.1) is 5.41 Å². The van der Waals surface area contributed by atoms with Gasteiger partial charge in [-0.15, -0.1) is 0 Å². The van der Waals surface area contributed by atoms with E-state index in [9.17, 15) is 5.11 Å². The highest BCUT2D eigenvalue weighted by Crippen LogP contribution is 2.31. The Morgan fingerprint density at radius 1 is 1.28 bits per heavy atom. The summed E-state index contributed by atoms with van der Waals surface area (Å²) in [5, 5.41) is 10.5. The minimum atomic E-state index is 0.350. The van der Waals surface area contributed by atoms with E-state index in [2.05, 4.69) is 18.7 Å². The molecule has 18 heavy (non-hydrogen) atoms. The van der Waals surface area contributed by atoms with Gasteiger partial charge in [-0.1, -0.05) is 25.4 Å². The van der Waals surface area contributed by atoms with Crippen molar-refractivity contribution in [3.05, 3.63) is 28.8 Å². The van der Waals surface area contributed by atoms with Crippen molar-refractivity contribution >= 4 is 11.6 Å². The summed E-state index contributed by atoms with van der Waals surface area (Å²) in [6.07, 6.45) is 3.73. The highest BCUT2D eigenvalue weighted by atomic mass is 35.5. The van der Waals surface area contributed by atoms with Gasteiger partial charge < -0.3 is 5.11 Å². The maximum atomic E-state index is 9.85. The summed E-state index contributed by atoms with van der Waals surface area (Å²) in [4.78, 5) is 2.42. The van der Waals surface area contributed by atoms with Crippen LogP contribution in [0.3, 0.4) is 0 Å². The number of benzene rings is 1. The Labute approximate surface area is 115 Å². The van der Waals surface area contributed by atoms with E-state index < -0.39 is 0 Å². The minimum Gasteiger partial charge on any atom is -0.508 e. The molecule has 2 nitrogen and oxygen atoms in total. The number of phenols is 1. The van der Waals surface area contributed by atoms with Gasteiger partial charge in [0.05, 0.1) is 0 Å². The summed E-state index contributed by atoms with van der Waals surface area (Å²) in [7, 11) is 0. The van der Waals surface area contributed by atoms with Gasteiger partial charge in [0.25, 0.3) is 0 Å². The fraction of sp³-hybridized carbons (Fsp3) is 0.600. The Bertz CT molecular complexity index is 417. The largest absolute Gasteiger partial charge is 0.508 e. The fourth-order valence-corrected chi connectivity index (χ4v) is 2.75. The maximum Gasteiger partial charge on any atom is 0.120 e. The molecule has 0 saturated carbocycles. The summed E-state index contributed by atoms with van der Waals surface area (Å²) in [6.45, 7) is 7.68. The Balaban J connectivity index is 2.03. The van der Waals surface area contributed by atoms with Gasteiger partial charge in [0.2, 0.25) is 0 Å². The topological polar surface area (TPSA) is 23.5 Å². The fourth-order valence-electron chi connectivity index (χ4n) is 2.56. The molecule has 1 fully saturated rings. The second-order valence-electron chi connectivity index (χ2n) is 6.07. The van der Waals surface area contributed by atoms with Crippen molar-refractivity contribution in [3.63, 3.8) is 0 Å². The van der Waals surface area contributed by atoms with E-state index in [1.807, 2.05) is 6.07 Å². The number of hydrogen-bond acceptors (Lipinski definition) is 2. The summed E-state index contributed by atoms with van der Waals surface area (Å²) in [5.74, 6) is 0.350. The normalized spacial score (nSPS) is 20.6. The third-order valence-corrected chi connectivity index (χ3v) is 4.10. The van der Waals surface area contributed by atoms with Crippen molar-refractivity contribution in [3.8, 4) is 5.75 Å². The Morgan fingerprint density at radius 3 is 2.83 bits per heavy atom. The van der Waals surface area contributed by atoms with Crippen LogP contribution in [0.15, 0.2) is 18.2 Å². The molecule has 0 bridgehead atoms. The van der Waals surface area contributed by atoms with E-state index >= 15 is 0 Å². The molecule has 1 aliphatic heterocycles. The molecule has 1 heterocycles. The van der Waals surface area contributed by atoms with E-state index in [0.717, 1.165) is 25.2 Å². The summed E-state index contributed by atoms with van der Waals surface area (Å²) < 4.78 is 0. The van der Waals surface area contributed by atoms with Gasteiger partial charge in [-0.25, -0.2) is 0 Å². The molecule has 0 atom stereocenters. The van der Waals surface area contributed by atoms with Gasteiger partial charge >= 0.3 is 0 Å². The van der Waals surface area contributed by atoms with E-state index in [1.54, 1.807) is 12.1 Å². The Hall–Kier alpha value is -0.730. The van der Waals surface area contributed by atoms with Crippen molar-refractivity contribution in [2.24, 2.45) is 5.41 Å². The third-order valence-electron chi connectivity index (χ3n) is 3.87. The van der Waals surface area contributed by atoms with E-state index in [0.29, 0.717) is 16.2 Å². The van der Waals surface area contributed by atoms with Gasteiger partial charge in [-0.05, 0) is 56.0 Å². The van der Waals surface area contributed by atoms with Gasteiger partial charge in [0.15, 0.2) is 0 Å². The lowest BCUT2D eigenvalue weighted by Gasteiger charge is -2.23. The lowest BCUT2D eigenvalue weighted by Crippen LogP contribution is -2.25. The van der Waals surface area contributed by atoms with Crippen LogP contribution in [0.4, 0.5) is 0 Å². The highest BCUT2D eigenvalue weighted by molar-refractivity contribution is 6.30. The van der Waals surface area contributed by atoms with Crippen molar-refractivity contribution < 1.29 is 5.11 Å². The molecule has 3 heteroatoms. The molecule has 0 aliphatic carbocycles. The van der Waals surface area contributed by atoms with Crippen molar-refractivity contribution in [2.75, 3.05) is 13.1 Å². The number of rotatable bonds is 2. The molecule has 0 amide bonds. The van der Waals surface area contributed by atoms with Crippen molar-refractivity contribution in [1.29, 1.82) is 0 Å². The summed E-state index contributed by atoms with van der Waals surface area (Å²) in [5.41, 5.74) is 1.38. The molecule has 1 aliphatic rings. The molecule has 2 rings (SSSR count). The highest BCUT2D eigenvalue weighted by Gasteiger charge is 2.23. The molecule has 0 unspecified atom stereocenters. The van der Waals surface area contributed by atoms with Crippen LogP contribution in [0.25, 0.3) is 0 Å². The summed E-state index contributed by atoms with van der Waals surface area (Å²) in [6, 6.07) is 5.28. The maximum absolute atomic E-state index is 9.85. The monoisotopic (exact) mass is 267 g/mol. The Morgan fingerprint density at radius 2 is 2.06 bits per heavy atom.